The molecule has 0 aliphatic carbocycles. The molecule has 1 amide bonds. The molecule has 0 N–H and O–H groups in total. The number of likely N-dealkylation sites (N-methyl/N-ethyl adjacent to an activating group) is 1. The van der Waals surface area contributed by atoms with Crippen LogP contribution in [0.25, 0.3) is 22.2 Å². The van der Waals surface area contributed by atoms with Crippen LogP contribution in [0.1, 0.15) is 27.9 Å². The third-order valence-electron chi connectivity index (χ3n) is 6.07. The van der Waals surface area contributed by atoms with E-state index in [1.807, 2.05) is 44.2 Å². The van der Waals surface area contributed by atoms with Gasteiger partial charge in [0.1, 0.15) is 0 Å². The van der Waals surface area contributed by atoms with Gasteiger partial charge in [0.05, 0.1) is 28.3 Å². The van der Waals surface area contributed by atoms with Gasteiger partial charge >= 0.3 is 5.97 Å². The van der Waals surface area contributed by atoms with Crippen molar-refractivity contribution in [3.8, 4) is 11.3 Å². The molecule has 2 aromatic carbocycles. The zero-order valence-corrected chi connectivity index (χ0v) is 19.7. The van der Waals surface area contributed by atoms with Crippen LogP contribution in [-0.2, 0) is 19.4 Å². The Labute approximate surface area is 193 Å². The predicted octanol–water partition coefficient (Wildman–Crippen LogP) is 3.32. The number of aryl methyl sites for hydroxylation is 2. The van der Waals surface area contributed by atoms with Crippen LogP contribution < -0.4 is 0 Å². The van der Waals surface area contributed by atoms with Gasteiger partial charge in [0.25, 0.3) is 5.91 Å². The minimum absolute atomic E-state index is 0.0581. The number of hydrogen-bond donors (Lipinski definition) is 0. The Balaban J connectivity index is 1.58. The number of aromatic nitrogens is 1. The average Bonchev–Trinajstić information content (AvgIpc) is 3.15. The second-order valence-electron chi connectivity index (χ2n) is 8.53. The van der Waals surface area contributed by atoms with Crippen LogP contribution in [0.15, 0.2) is 48.5 Å². The lowest BCUT2D eigenvalue weighted by Crippen LogP contribution is -2.40. The van der Waals surface area contributed by atoms with Crippen molar-refractivity contribution >= 4 is 32.6 Å². The Morgan fingerprint density at radius 1 is 1.12 bits per heavy atom. The number of pyridine rings is 1. The van der Waals surface area contributed by atoms with Crippen LogP contribution >= 0.6 is 0 Å². The van der Waals surface area contributed by atoms with E-state index in [-0.39, 0.29) is 17.5 Å². The lowest BCUT2D eigenvalue weighted by molar-refractivity contribution is -0.134. The van der Waals surface area contributed by atoms with Crippen LogP contribution in [-0.4, -0.2) is 61.4 Å². The topological polar surface area (TPSA) is 93.6 Å². The van der Waals surface area contributed by atoms with E-state index in [2.05, 4.69) is 6.07 Å². The number of benzene rings is 2. The highest BCUT2D eigenvalue weighted by Gasteiger charge is 2.33. The van der Waals surface area contributed by atoms with Gasteiger partial charge in [-0.3, -0.25) is 4.79 Å². The minimum Gasteiger partial charge on any atom is -0.452 e. The van der Waals surface area contributed by atoms with Crippen molar-refractivity contribution in [2.45, 2.75) is 26.3 Å². The minimum atomic E-state index is -3.12. The predicted molar refractivity (Wildman–Crippen MR) is 127 cm³/mol. The van der Waals surface area contributed by atoms with E-state index in [1.165, 1.54) is 4.90 Å². The molecule has 0 bridgehead atoms. The number of esters is 1. The molecule has 172 valence electrons. The largest absolute Gasteiger partial charge is 0.452 e. The van der Waals surface area contributed by atoms with Crippen molar-refractivity contribution in [1.82, 2.24) is 9.88 Å². The number of rotatable bonds is 5. The van der Waals surface area contributed by atoms with Crippen molar-refractivity contribution in [3.05, 3.63) is 65.2 Å². The number of carbonyl (C=O) groups is 2. The highest BCUT2D eigenvalue weighted by Crippen LogP contribution is 2.28. The molecular formula is C25H26N2O5S. The first kappa shape index (κ1) is 22.9. The van der Waals surface area contributed by atoms with Crippen LogP contribution in [0.5, 0.6) is 0 Å². The first-order valence-corrected chi connectivity index (χ1v) is 12.6. The van der Waals surface area contributed by atoms with Gasteiger partial charge in [0.15, 0.2) is 16.4 Å². The Morgan fingerprint density at radius 2 is 1.88 bits per heavy atom. The van der Waals surface area contributed by atoms with Crippen molar-refractivity contribution in [3.63, 3.8) is 0 Å². The molecule has 7 nitrogen and oxygen atoms in total. The maximum atomic E-state index is 13.0. The van der Waals surface area contributed by atoms with E-state index in [0.29, 0.717) is 28.6 Å². The summed E-state index contributed by atoms with van der Waals surface area (Å²) in [7, 11) is -1.58. The molecule has 1 fully saturated rings. The second kappa shape index (κ2) is 8.94. The first-order valence-electron chi connectivity index (χ1n) is 10.8. The van der Waals surface area contributed by atoms with E-state index in [9.17, 15) is 18.0 Å². The van der Waals surface area contributed by atoms with E-state index in [0.717, 1.165) is 16.7 Å². The Kier molecular flexibility index (Phi) is 6.21. The molecule has 0 unspecified atom stereocenters. The summed E-state index contributed by atoms with van der Waals surface area (Å²) in [5.74, 6) is -1.05. The van der Waals surface area contributed by atoms with Crippen LogP contribution in [0.3, 0.4) is 0 Å². The Bertz CT molecular complexity index is 1350. The van der Waals surface area contributed by atoms with Crippen molar-refractivity contribution in [2.75, 3.05) is 25.2 Å². The van der Waals surface area contributed by atoms with E-state index >= 15 is 0 Å². The van der Waals surface area contributed by atoms with Gasteiger partial charge in [-0.15, -0.1) is 0 Å². The molecule has 33 heavy (non-hydrogen) atoms. The Morgan fingerprint density at radius 3 is 2.58 bits per heavy atom. The van der Waals surface area contributed by atoms with E-state index in [1.54, 1.807) is 19.2 Å². The van der Waals surface area contributed by atoms with Crippen LogP contribution in [0.4, 0.5) is 0 Å². The standard InChI is InChI=1S/C25H26N2O5S/c1-16-8-9-19(17(2)12-16)23-13-21(20-6-4-5-7-22(20)26-23)25(29)32-14-24(28)27(3)18-10-11-33(30,31)15-18/h4-9,12-13,18H,10-11,14-15H2,1-3H3/t18-/m1/s1. The maximum absolute atomic E-state index is 13.0. The van der Waals surface area contributed by atoms with Gasteiger partial charge in [-0.1, -0.05) is 42.0 Å². The smallest absolute Gasteiger partial charge is 0.339 e. The average molecular weight is 467 g/mol. The molecule has 2 heterocycles. The molecule has 1 atom stereocenters. The normalized spacial score (nSPS) is 17.1. The molecule has 1 aliphatic rings. The highest BCUT2D eigenvalue weighted by molar-refractivity contribution is 7.91. The number of fused-ring (bicyclic) bond motifs is 1. The van der Waals surface area contributed by atoms with Crippen molar-refractivity contribution < 1.29 is 22.7 Å². The number of sulfone groups is 1. The molecule has 1 aliphatic heterocycles. The van der Waals surface area contributed by atoms with Crippen LogP contribution in [0.2, 0.25) is 0 Å². The van der Waals surface area contributed by atoms with Gasteiger partial charge in [-0.2, -0.15) is 0 Å². The van der Waals surface area contributed by atoms with Crippen molar-refractivity contribution in [1.29, 1.82) is 0 Å². The molecular weight excluding hydrogens is 440 g/mol. The summed E-state index contributed by atoms with van der Waals surface area (Å²) in [4.78, 5) is 31.7. The molecule has 1 aromatic heterocycles. The van der Waals surface area contributed by atoms with Gasteiger partial charge < -0.3 is 9.64 Å². The summed E-state index contributed by atoms with van der Waals surface area (Å²) in [6.07, 6.45) is 0.396. The zero-order chi connectivity index (χ0) is 23.8. The molecule has 0 saturated carbocycles. The molecule has 1 saturated heterocycles. The zero-order valence-electron chi connectivity index (χ0n) is 18.9. The lowest BCUT2D eigenvalue weighted by Gasteiger charge is -2.23. The number of amides is 1. The van der Waals surface area contributed by atoms with Gasteiger partial charge in [0.2, 0.25) is 0 Å². The third-order valence-corrected chi connectivity index (χ3v) is 7.82. The Hall–Kier alpha value is -3.26. The maximum Gasteiger partial charge on any atom is 0.339 e. The second-order valence-corrected chi connectivity index (χ2v) is 10.8. The summed E-state index contributed by atoms with van der Waals surface area (Å²) in [6.45, 7) is 3.55. The van der Waals surface area contributed by atoms with Gasteiger partial charge in [-0.25, -0.2) is 18.2 Å². The fraction of sp³-hybridized carbons (Fsp3) is 0.320. The number of ether oxygens (including phenoxy) is 1. The molecule has 0 spiro atoms. The number of nitrogens with zero attached hydrogens (tertiary/aromatic N) is 2. The SMILES string of the molecule is Cc1ccc(-c2cc(C(=O)OCC(=O)N(C)[C@@H]3CCS(=O)(=O)C3)c3ccccc3n2)c(C)c1. The third kappa shape index (κ3) is 4.90. The summed E-state index contributed by atoms with van der Waals surface area (Å²) in [6, 6.07) is 14.6. The fourth-order valence-electron chi connectivity index (χ4n) is 4.17. The van der Waals surface area contributed by atoms with Gasteiger partial charge in [0, 0.05) is 24.0 Å². The molecule has 0 radical (unpaired) electrons. The molecule has 8 heteroatoms. The molecule has 4 rings (SSSR count). The lowest BCUT2D eigenvalue weighted by atomic mass is 9.99. The number of para-hydroxylation sites is 1. The summed E-state index contributed by atoms with van der Waals surface area (Å²) < 4.78 is 28.8. The quantitative estimate of drug-likeness (QED) is 0.536. The summed E-state index contributed by atoms with van der Waals surface area (Å²) in [5, 5.41) is 0.638. The van der Waals surface area contributed by atoms with Gasteiger partial charge in [-0.05, 0) is 38.0 Å². The van der Waals surface area contributed by atoms with E-state index in [4.69, 9.17) is 9.72 Å². The monoisotopic (exact) mass is 466 g/mol. The molecule has 3 aromatic rings. The fourth-order valence-corrected chi connectivity index (χ4v) is 5.95. The number of hydrogen-bond acceptors (Lipinski definition) is 6. The van der Waals surface area contributed by atoms with E-state index < -0.39 is 28.3 Å². The summed E-state index contributed by atoms with van der Waals surface area (Å²) >= 11 is 0. The van der Waals surface area contributed by atoms with Crippen LogP contribution in [0, 0.1) is 13.8 Å². The first-order chi connectivity index (χ1) is 15.6. The number of carbonyl (C=O) groups excluding carboxylic acids is 2. The summed E-state index contributed by atoms with van der Waals surface area (Å²) in [5.41, 5.74) is 4.72. The van der Waals surface area contributed by atoms with Crippen molar-refractivity contribution in [2.24, 2.45) is 0 Å². The highest BCUT2D eigenvalue weighted by atomic mass is 32.2.